The van der Waals surface area contributed by atoms with Gasteiger partial charge in [-0.1, -0.05) is 0 Å². The summed E-state index contributed by atoms with van der Waals surface area (Å²) >= 11 is 0. The van der Waals surface area contributed by atoms with E-state index in [0.717, 1.165) is 60.8 Å². The Morgan fingerprint density at radius 2 is 1.86 bits per heavy atom. The molecule has 7 heteroatoms. The molecule has 5 heterocycles. The lowest BCUT2D eigenvalue weighted by Crippen LogP contribution is -2.46. The number of nitrogens with zero attached hydrogens (tertiary/aromatic N) is 4. The van der Waals surface area contributed by atoms with E-state index in [0.29, 0.717) is 12.1 Å². The predicted molar refractivity (Wildman–Crippen MR) is 105 cm³/mol. The van der Waals surface area contributed by atoms with E-state index < -0.39 is 0 Å². The van der Waals surface area contributed by atoms with Crippen molar-refractivity contribution in [3.05, 3.63) is 47.7 Å². The van der Waals surface area contributed by atoms with Crippen molar-refractivity contribution in [2.45, 2.75) is 37.9 Å². The average molecular weight is 379 g/mol. The molecule has 0 radical (unpaired) electrons. The summed E-state index contributed by atoms with van der Waals surface area (Å²) in [7, 11) is 0. The number of rotatable bonds is 2. The molecule has 6 rings (SSSR count). The van der Waals surface area contributed by atoms with E-state index in [1.807, 2.05) is 18.5 Å². The Hall–Kier alpha value is -2.67. The van der Waals surface area contributed by atoms with Crippen LogP contribution in [-0.2, 0) is 17.7 Å². The summed E-state index contributed by atoms with van der Waals surface area (Å²) in [4.78, 5) is 17.5. The first-order valence-corrected chi connectivity index (χ1v) is 9.98. The third-order valence-corrected chi connectivity index (χ3v) is 6.39. The zero-order chi connectivity index (χ0) is 18.7. The summed E-state index contributed by atoms with van der Waals surface area (Å²) in [5.41, 5.74) is 3.36. The van der Waals surface area contributed by atoms with Gasteiger partial charge in [-0.3, -0.25) is 0 Å². The number of hydrogen-bond acceptors (Lipinski definition) is 5. The maximum atomic E-state index is 13.7. The third kappa shape index (κ3) is 2.49. The number of ether oxygens (including phenoxy) is 1. The average Bonchev–Trinajstić information content (AvgIpc) is 3.21. The van der Waals surface area contributed by atoms with Gasteiger partial charge in [0.15, 0.2) is 0 Å². The molecule has 28 heavy (non-hydrogen) atoms. The number of anilines is 2. The molecule has 2 atom stereocenters. The topological polar surface area (TPSA) is 57.3 Å². The molecular weight excluding hydrogens is 357 g/mol. The molecule has 2 fully saturated rings. The van der Waals surface area contributed by atoms with Crippen LogP contribution < -0.4 is 9.80 Å². The molecule has 6 nitrogen and oxygen atoms in total. The van der Waals surface area contributed by atoms with Gasteiger partial charge < -0.3 is 19.5 Å². The Balaban J connectivity index is 1.27. The third-order valence-electron chi connectivity index (χ3n) is 6.39. The van der Waals surface area contributed by atoms with Crippen molar-refractivity contribution >= 4 is 22.5 Å². The molecule has 3 aliphatic rings. The first kappa shape index (κ1) is 16.3. The number of H-pyrrole nitrogens is 1. The van der Waals surface area contributed by atoms with E-state index >= 15 is 0 Å². The Kier molecular flexibility index (Phi) is 3.59. The van der Waals surface area contributed by atoms with Crippen LogP contribution in [0.2, 0.25) is 0 Å². The lowest BCUT2D eigenvalue weighted by atomic mass is 10.0. The van der Waals surface area contributed by atoms with E-state index in [1.54, 1.807) is 6.07 Å². The zero-order valence-electron chi connectivity index (χ0n) is 15.6. The molecule has 2 unspecified atom stereocenters. The van der Waals surface area contributed by atoms with E-state index in [2.05, 4.69) is 14.8 Å². The van der Waals surface area contributed by atoms with Crippen molar-refractivity contribution in [3.63, 3.8) is 0 Å². The minimum Gasteiger partial charge on any atom is -0.377 e. The highest BCUT2D eigenvalue weighted by atomic mass is 19.1. The molecule has 144 valence electrons. The Bertz CT molecular complexity index is 1020. The van der Waals surface area contributed by atoms with Crippen LogP contribution in [0.1, 0.15) is 24.1 Å². The highest BCUT2D eigenvalue weighted by Gasteiger charge is 2.38. The fourth-order valence-electron chi connectivity index (χ4n) is 5.00. The number of aromatic nitrogens is 3. The molecule has 0 spiro atoms. The summed E-state index contributed by atoms with van der Waals surface area (Å²) in [6.07, 6.45) is 7.00. The van der Waals surface area contributed by atoms with Gasteiger partial charge >= 0.3 is 0 Å². The molecule has 0 saturated carbocycles. The van der Waals surface area contributed by atoms with Crippen LogP contribution in [-0.4, -0.2) is 46.8 Å². The largest absolute Gasteiger partial charge is 0.377 e. The summed E-state index contributed by atoms with van der Waals surface area (Å²) < 4.78 is 19.4. The molecule has 1 N–H and O–H groups in total. The van der Waals surface area contributed by atoms with Crippen LogP contribution in [0, 0.1) is 5.82 Å². The number of morpholine rings is 1. The highest BCUT2D eigenvalue weighted by Crippen LogP contribution is 2.34. The molecule has 1 aromatic carbocycles. The standard InChI is InChI=1S/C21H22FN5O/c22-13-1-4-18-16(7-13)17-10-26(6-5-19(17)25-18)20-8-24-21(9-23-20)27-14-2-3-15(27)12-28-11-14/h1,4,7-9,14-15,25H,2-3,5-6,10-12H2. The molecular formula is C21H22FN5O. The number of halogens is 1. The number of aromatic amines is 1. The summed E-state index contributed by atoms with van der Waals surface area (Å²) in [6, 6.07) is 5.80. The van der Waals surface area contributed by atoms with E-state index in [1.165, 1.54) is 24.6 Å². The van der Waals surface area contributed by atoms with Crippen molar-refractivity contribution in [2.75, 3.05) is 29.6 Å². The van der Waals surface area contributed by atoms with Crippen molar-refractivity contribution < 1.29 is 9.13 Å². The smallest absolute Gasteiger partial charge is 0.147 e. The summed E-state index contributed by atoms with van der Waals surface area (Å²) in [6.45, 7) is 3.16. The monoisotopic (exact) mass is 379 g/mol. The summed E-state index contributed by atoms with van der Waals surface area (Å²) in [5.74, 6) is 1.63. The van der Waals surface area contributed by atoms with E-state index in [-0.39, 0.29) is 5.82 Å². The molecule has 2 saturated heterocycles. The Labute approximate surface area is 162 Å². The molecule has 0 aliphatic carbocycles. The van der Waals surface area contributed by atoms with Crippen LogP contribution in [0.5, 0.6) is 0 Å². The van der Waals surface area contributed by atoms with Crippen LogP contribution in [0.15, 0.2) is 30.6 Å². The fourth-order valence-corrected chi connectivity index (χ4v) is 5.00. The maximum absolute atomic E-state index is 13.7. The lowest BCUT2D eigenvalue weighted by molar-refractivity contribution is 0.0902. The minimum atomic E-state index is -0.198. The van der Waals surface area contributed by atoms with Gasteiger partial charge in [-0.05, 0) is 31.0 Å². The molecule has 2 aromatic heterocycles. The number of nitrogens with one attached hydrogen (secondary N) is 1. The normalized spacial score (nSPS) is 24.0. The maximum Gasteiger partial charge on any atom is 0.147 e. The van der Waals surface area contributed by atoms with E-state index in [4.69, 9.17) is 14.7 Å². The Morgan fingerprint density at radius 1 is 1.07 bits per heavy atom. The van der Waals surface area contributed by atoms with Crippen molar-refractivity contribution in [3.8, 4) is 0 Å². The Morgan fingerprint density at radius 3 is 2.64 bits per heavy atom. The number of fused-ring (bicyclic) bond motifs is 5. The zero-order valence-corrected chi connectivity index (χ0v) is 15.6. The van der Waals surface area contributed by atoms with Crippen LogP contribution in [0.4, 0.5) is 16.0 Å². The molecule has 3 aliphatic heterocycles. The van der Waals surface area contributed by atoms with Gasteiger partial charge in [-0.15, -0.1) is 0 Å². The number of hydrogen-bond donors (Lipinski definition) is 1. The SMILES string of the molecule is Fc1ccc2[nH]c3c(c2c1)CN(c1cnc(N2C4CCC2COC4)cn1)CC3. The van der Waals surface area contributed by atoms with Crippen LogP contribution in [0.25, 0.3) is 10.9 Å². The van der Waals surface area contributed by atoms with Gasteiger partial charge in [-0.25, -0.2) is 14.4 Å². The predicted octanol–water partition coefficient (Wildman–Crippen LogP) is 3.03. The van der Waals surface area contributed by atoms with Gasteiger partial charge in [0.2, 0.25) is 0 Å². The van der Waals surface area contributed by atoms with Crippen molar-refractivity contribution in [1.82, 2.24) is 15.0 Å². The molecule has 2 bridgehead atoms. The van der Waals surface area contributed by atoms with Crippen molar-refractivity contribution in [1.29, 1.82) is 0 Å². The van der Waals surface area contributed by atoms with Gasteiger partial charge in [0.05, 0.1) is 37.7 Å². The van der Waals surface area contributed by atoms with Crippen LogP contribution >= 0.6 is 0 Å². The van der Waals surface area contributed by atoms with E-state index in [9.17, 15) is 4.39 Å². The van der Waals surface area contributed by atoms with Gasteiger partial charge in [0, 0.05) is 41.7 Å². The second-order valence-electron chi connectivity index (χ2n) is 8.01. The molecule has 0 amide bonds. The second-order valence-corrected chi connectivity index (χ2v) is 8.01. The quantitative estimate of drug-likeness (QED) is 0.742. The van der Waals surface area contributed by atoms with Gasteiger partial charge in [0.25, 0.3) is 0 Å². The highest BCUT2D eigenvalue weighted by molar-refractivity contribution is 5.85. The molecule has 3 aromatic rings. The van der Waals surface area contributed by atoms with Gasteiger partial charge in [-0.2, -0.15) is 0 Å². The second kappa shape index (κ2) is 6.17. The fraction of sp³-hybridized carbons (Fsp3) is 0.429. The van der Waals surface area contributed by atoms with Crippen LogP contribution in [0.3, 0.4) is 0 Å². The first-order valence-electron chi connectivity index (χ1n) is 9.98. The summed E-state index contributed by atoms with van der Waals surface area (Å²) in [5, 5.41) is 0.967. The minimum absolute atomic E-state index is 0.198. The van der Waals surface area contributed by atoms with Crippen molar-refractivity contribution in [2.24, 2.45) is 0 Å². The lowest BCUT2D eigenvalue weighted by Gasteiger charge is -2.35. The first-order chi connectivity index (χ1) is 13.8. The van der Waals surface area contributed by atoms with Gasteiger partial charge in [0.1, 0.15) is 17.5 Å². The number of benzene rings is 1.